The van der Waals surface area contributed by atoms with Gasteiger partial charge in [0.25, 0.3) is 0 Å². The van der Waals surface area contributed by atoms with Crippen molar-refractivity contribution in [1.82, 2.24) is 41.5 Å². The number of phosphoric acid groups is 1. The van der Waals surface area contributed by atoms with Gasteiger partial charge >= 0.3 is 7.82 Å². The van der Waals surface area contributed by atoms with Crippen molar-refractivity contribution >= 4 is 60.9 Å². The number of hydrogen-bond acceptors (Lipinski definition) is 12. The van der Waals surface area contributed by atoms with Crippen LogP contribution in [0.5, 0.6) is 0 Å². The van der Waals surface area contributed by atoms with Crippen LogP contribution in [-0.2, 0) is 55.5 Å². The maximum Gasteiger partial charge on any atom is 0.469 e. The number of imidazole rings is 1. The minimum atomic E-state index is -5.27. The maximum absolute atomic E-state index is 13.8. The Balaban J connectivity index is 2.04. The number of phosphoric ester groups is 1. The average molecular weight is 840 g/mol. The zero-order valence-corrected chi connectivity index (χ0v) is 33.3. The number of aliphatic hydroxyl groups excluding tert-OH is 1. The molecule has 0 radical (unpaired) electrons. The van der Waals surface area contributed by atoms with Crippen molar-refractivity contribution in [2.45, 2.75) is 76.3 Å². The zero-order chi connectivity index (χ0) is 42.3. The van der Waals surface area contributed by atoms with Gasteiger partial charge in [-0.15, -0.1) is 11.8 Å². The van der Waals surface area contributed by atoms with Crippen LogP contribution in [0.2, 0.25) is 0 Å². The monoisotopic (exact) mass is 839 g/mol. The van der Waals surface area contributed by atoms with Gasteiger partial charge in [-0.25, -0.2) is 9.55 Å². The summed E-state index contributed by atoms with van der Waals surface area (Å²) >= 11 is 0.881. The fourth-order valence-corrected chi connectivity index (χ4v) is 7.13. The predicted molar refractivity (Wildman–Crippen MR) is 204 cm³/mol. The summed E-state index contributed by atoms with van der Waals surface area (Å²) in [5.74, 6) is -7.18. The molecule has 1 aliphatic rings. The third-order valence-corrected chi connectivity index (χ3v) is 10.1. The number of thioether (sulfide) groups is 1. The second kappa shape index (κ2) is 22.2. The molecule has 1 saturated heterocycles. The minimum absolute atomic E-state index is 0.0884. The van der Waals surface area contributed by atoms with E-state index in [0.29, 0.717) is 12.1 Å². The van der Waals surface area contributed by atoms with Crippen molar-refractivity contribution in [1.29, 1.82) is 0 Å². The molecule has 57 heavy (non-hydrogen) atoms. The van der Waals surface area contributed by atoms with Gasteiger partial charge in [-0.3, -0.25) is 38.1 Å². The number of carbonyl (C=O) groups is 7. The average Bonchev–Trinajstić information content (AvgIpc) is 3.65. The van der Waals surface area contributed by atoms with Gasteiger partial charge in [-0.2, -0.15) is 0 Å². The number of hydrogen-bond donors (Lipinski definition) is 10. The number of aliphatic hydroxyl groups is 1. The van der Waals surface area contributed by atoms with E-state index in [4.69, 9.17) is 5.73 Å². The van der Waals surface area contributed by atoms with Gasteiger partial charge in [-0.1, -0.05) is 44.2 Å². The molecule has 21 nitrogen and oxygen atoms in total. The largest absolute Gasteiger partial charge is 0.469 e. The smallest absolute Gasteiger partial charge is 0.394 e. The van der Waals surface area contributed by atoms with E-state index < -0.39 is 98.6 Å². The van der Waals surface area contributed by atoms with Crippen molar-refractivity contribution < 1.29 is 57.5 Å². The SMILES string of the molecule is CC(C)C[C@@H]1NC(=O)CN(CCc2ccccc2)C(=O)CSC[C@H](C(N)=O)NC(=O)[C@H]([C@@H](C)OP(=O)(O)O)NC(=O)[C@H](CO)NC(=O)[C@H](Cc2cnc[nH]2)NC1=O. The van der Waals surface area contributed by atoms with E-state index >= 15 is 0 Å². The summed E-state index contributed by atoms with van der Waals surface area (Å²) in [6.07, 6.45) is 1.23. The van der Waals surface area contributed by atoms with Gasteiger partial charge in [0.15, 0.2) is 0 Å². The summed E-state index contributed by atoms with van der Waals surface area (Å²) < 4.78 is 16.4. The number of primary amides is 1. The third-order valence-electron chi connectivity index (χ3n) is 8.51. The molecule has 3 rings (SSSR count). The van der Waals surface area contributed by atoms with Crippen LogP contribution in [-0.4, -0.2) is 139 Å². The highest BCUT2D eigenvalue weighted by atomic mass is 32.2. The second-order valence-corrected chi connectivity index (χ2v) is 15.9. The topological polar surface area (TPSA) is 325 Å². The van der Waals surface area contributed by atoms with Gasteiger partial charge in [0.2, 0.25) is 41.4 Å². The van der Waals surface area contributed by atoms with Crippen LogP contribution >= 0.6 is 19.6 Å². The molecule has 1 aromatic carbocycles. The van der Waals surface area contributed by atoms with Crippen LogP contribution < -0.4 is 32.3 Å². The summed E-state index contributed by atoms with van der Waals surface area (Å²) in [7, 11) is -5.27. The molecular weight excluding hydrogens is 789 g/mol. The first-order valence-corrected chi connectivity index (χ1v) is 20.6. The molecular formula is C34H50N9O12PS. The van der Waals surface area contributed by atoms with E-state index in [1.54, 1.807) is 0 Å². The van der Waals surface area contributed by atoms with Crippen molar-refractivity contribution in [2.75, 3.05) is 31.2 Å². The Hall–Kier alpha value is -4.86. The number of H-pyrrole nitrogens is 1. The molecule has 2 aromatic rings. The lowest BCUT2D eigenvalue weighted by Crippen LogP contribution is -2.62. The number of benzene rings is 1. The molecule has 1 aromatic heterocycles. The fraction of sp³-hybridized carbons (Fsp3) is 0.529. The number of carbonyl (C=O) groups excluding carboxylic acids is 7. The molecule has 1 fully saturated rings. The number of nitrogens with two attached hydrogens (primary N) is 1. The van der Waals surface area contributed by atoms with Crippen LogP contribution in [0.3, 0.4) is 0 Å². The lowest BCUT2D eigenvalue weighted by Gasteiger charge is -2.28. The molecule has 2 heterocycles. The summed E-state index contributed by atoms with van der Waals surface area (Å²) in [6.45, 7) is 3.23. The zero-order valence-electron chi connectivity index (χ0n) is 31.6. The van der Waals surface area contributed by atoms with Gasteiger partial charge in [0.05, 0.1) is 31.3 Å². The first-order chi connectivity index (χ1) is 26.9. The molecule has 11 N–H and O–H groups in total. The molecule has 1 aliphatic heterocycles. The Morgan fingerprint density at radius 2 is 1.60 bits per heavy atom. The molecule has 0 saturated carbocycles. The van der Waals surface area contributed by atoms with Gasteiger partial charge in [-0.05, 0) is 31.2 Å². The Morgan fingerprint density at radius 3 is 2.19 bits per heavy atom. The number of aromatic amines is 1. The summed E-state index contributed by atoms with van der Waals surface area (Å²) in [6, 6.07) is 1.29. The number of aromatic nitrogens is 2. The normalized spacial score (nSPS) is 23.4. The predicted octanol–water partition coefficient (Wildman–Crippen LogP) is -2.78. The molecule has 0 unspecified atom stereocenters. The summed E-state index contributed by atoms with van der Waals surface area (Å²) in [5, 5.41) is 22.2. The van der Waals surface area contributed by atoms with Crippen LogP contribution in [0.4, 0.5) is 0 Å². The summed E-state index contributed by atoms with van der Waals surface area (Å²) in [4.78, 5) is 121. The molecule has 6 atom stereocenters. The summed E-state index contributed by atoms with van der Waals surface area (Å²) in [5.41, 5.74) is 6.79. The van der Waals surface area contributed by atoms with E-state index in [1.165, 1.54) is 17.4 Å². The highest BCUT2D eigenvalue weighted by Crippen LogP contribution is 2.38. The maximum atomic E-state index is 13.8. The van der Waals surface area contributed by atoms with Gasteiger partial charge in [0, 0.05) is 30.6 Å². The molecule has 0 aliphatic carbocycles. The van der Waals surface area contributed by atoms with E-state index in [1.807, 2.05) is 44.2 Å². The van der Waals surface area contributed by atoms with Crippen LogP contribution in [0, 0.1) is 5.92 Å². The van der Waals surface area contributed by atoms with Crippen molar-refractivity contribution in [2.24, 2.45) is 11.7 Å². The quantitative estimate of drug-likeness (QED) is 0.0968. The second-order valence-electron chi connectivity index (χ2n) is 13.7. The van der Waals surface area contributed by atoms with E-state index in [0.717, 1.165) is 24.2 Å². The van der Waals surface area contributed by atoms with E-state index in [-0.39, 0.29) is 36.8 Å². The molecule has 7 amide bonds. The van der Waals surface area contributed by atoms with Crippen molar-refractivity contribution in [3.05, 3.63) is 54.1 Å². The Labute approximate surface area is 332 Å². The van der Waals surface area contributed by atoms with E-state index in [2.05, 4.69) is 41.1 Å². The first-order valence-electron chi connectivity index (χ1n) is 17.9. The van der Waals surface area contributed by atoms with E-state index in [9.17, 15) is 53.0 Å². The fourth-order valence-electron chi connectivity index (χ4n) is 5.62. The van der Waals surface area contributed by atoms with Gasteiger partial charge < -0.3 is 57.1 Å². The molecule has 0 spiro atoms. The number of rotatable bonds is 12. The highest BCUT2D eigenvalue weighted by molar-refractivity contribution is 8.00. The highest BCUT2D eigenvalue weighted by Gasteiger charge is 2.37. The lowest BCUT2D eigenvalue weighted by atomic mass is 10.0. The first kappa shape index (κ1) is 46.5. The molecule has 0 bridgehead atoms. The van der Waals surface area contributed by atoms with Crippen molar-refractivity contribution in [3.8, 4) is 0 Å². The number of amides is 7. The standard InChI is InChI=1S/C34H50N9O12PS/c1-19(2)11-23-31(48)39-24(12-22-13-36-18-37-22)32(49)40-25(15-44)33(50)42-29(20(3)55-56(52,53)54)34(51)41-26(30(35)47)16-57-17-28(46)43(14-27(45)38-23)10-9-21-7-5-4-6-8-21/h4-8,13,18-20,23-26,29,44H,9-12,14-17H2,1-3H3,(H2,35,47)(H,36,37)(H,38,45)(H,39,48)(H,40,49)(H,41,51)(H,42,50)(H2,52,53,54)/t20-,23+,24+,25+,26-,29+/m1/s1. The Bertz CT molecular complexity index is 1750. The van der Waals surface area contributed by atoms with Crippen LogP contribution in [0.15, 0.2) is 42.9 Å². The Morgan fingerprint density at radius 1 is 0.947 bits per heavy atom. The van der Waals surface area contributed by atoms with Crippen LogP contribution in [0.1, 0.15) is 38.4 Å². The molecule has 23 heteroatoms. The molecule has 314 valence electrons. The Kier molecular flexibility index (Phi) is 18.1. The van der Waals surface area contributed by atoms with Crippen molar-refractivity contribution in [3.63, 3.8) is 0 Å². The lowest BCUT2D eigenvalue weighted by molar-refractivity contribution is -0.137. The van der Waals surface area contributed by atoms with Gasteiger partial charge in [0.1, 0.15) is 30.2 Å². The van der Waals surface area contributed by atoms with Crippen LogP contribution in [0.25, 0.3) is 0 Å². The minimum Gasteiger partial charge on any atom is -0.394 e. The number of nitrogens with one attached hydrogen (secondary N) is 6. The third kappa shape index (κ3) is 15.9. The number of nitrogens with zero attached hydrogens (tertiary/aromatic N) is 2.